The summed E-state index contributed by atoms with van der Waals surface area (Å²) in [5, 5.41) is 0. The molecule has 0 radical (unpaired) electrons. The maximum atomic E-state index is 12.8. The van der Waals surface area contributed by atoms with E-state index in [0.717, 1.165) is 5.69 Å². The number of nitrogens with zero attached hydrogens (tertiary/aromatic N) is 1. The molecule has 1 aromatic heterocycles. The summed E-state index contributed by atoms with van der Waals surface area (Å²) in [6, 6.07) is 1.62. The van der Waals surface area contributed by atoms with Crippen molar-refractivity contribution in [2.45, 2.75) is 19.8 Å². The summed E-state index contributed by atoms with van der Waals surface area (Å²) in [5.41, 5.74) is 0.841. The Morgan fingerprint density at radius 3 is 2.67 bits per heavy atom. The van der Waals surface area contributed by atoms with E-state index >= 15 is 0 Å². The number of methoxy groups -OCH3 is 1. The quantitative estimate of drug-likeness (QED) is 0.678. The van der Waals surface area contributed by atoms with Crippen LogP contribution in [0.3, 0.4) is 0 Å². The smallest absolute Gasteiger partial charge is 0.183 e. The van der Waals surface area contributed by atoms with Crippen LogP contribution in [0.5, 0.6) is 5.75 Å². The molecule has 0 bridgehead atoms. The van der Waals surface area contributed by atoms with Gasteiger partial charge < -0.3 is 4.74 Å². The molecule has 0 aromatic carbocycles. The van der Waals surface area contributed by atoms with Crippen LogP contribution in [-0.4, -0.2) is 12.1 Å². The Bertz CT molecular complexity index is 273. The Kier molecular flexibility index (Phi) is 2.63. The monoisotopic (exact) mass is 169 g/mol. The summed E-state index contributed by atoms with van der Waals surface area (Å²) in [7, 11) is 1.45. The fourth-order valence-corrected chi connectivity index (χ4v) is 0.908. The van der Waals surface area contributed by atoms with E-state index in [0.29, 0.717) is 5.92 Å². The van der Waals surface area contributed by atoms with E-state index < -0.39 is 5.82 Å². The molecule has 0 aliphatic carbocycles. The molecule has 1 rings (SSSR count). The third-order valence-corrected chi connectivity index (χ3v) is 1.65. The van der Waals surface area contributed by atoms with Gasteiger partial charge in [0.1, 0.15) is 0 Å². The number of hydrogen-bond acceptors (Lipinski definition) is 2. The SMILES string of the molecule is COc1cc(C(C)C)ncc1F. The van der Waals surface area contributed by atoms with Gasteiger partial charge in [-0.25, -0.2) is 4.39 Å². The van der Waals surface area contributed by atoms with E-state index in [1.165, 1.54) is 13.3 Å². The predicted octanol–water partition coefficient (Wildman–Crippen LogP) is 2.35. The Morgan fingerprint density at radius 1 is 1.50 bits per heavy atom. The molecular weight excluding hydrogens is 157 g/mol. The highest BCUT2D eigenvalue weighted by Crippen LogP contribution is 2.20. The summed E-state index contributed by atoms with van der Waals surface area (Å²) in [6.07, 6.45) is 1.19. The third kappa shape index (κ3) is 1.72. The van der Waals surface area contributed by atoms with Crippen molar-refractivity contribution in [3.05, 3.63) is 23.8 Å². The van der Waals surface area contributed by atoms with Crippen LogP contribution in [0.2, 0.25) is 0 Å². The minimum absolute atomic E-state index is 0.258. The zero-order chi connectivity index (χ0) is 9.14. The van der Waals surface area contributed by atoms with E-state index in [1.807, 2.05) is 13.8 Å². The van der Waals surface area contributed by atoms with Crippen LogP contribution in [0.25, 0.3) is 0 Å². The molecule has 3 heteroatoms. The predicted molar refractivity (Wildman–Crippen MR) is 44.8 cm³/mol. The normalized spacial score (nSPS) is 10.4. The minimum atomic E-state index is -0.415. The first-order valence-electron chi connectivity index (χ1n) is 3.84. The van der Waals surface area contributed by atoms with E-state index in [1.54, 1.807) is 6.07 Å². The number of halogens is 1. The lowest BCUT2D eigenvalue weighted by atomic mass is 10.1. The highest BCUT2D eigenvalue weighted by atomic mass is 19.1. The maximum absolute atomic E-state index is 12.8. The largest absolute Gasteiger partial charge is 0.494 e. The zero-order valence-corrected chi connectivity index (χ0v) is 7.47. The van der Waals surface area contributed by atoms with Gasteiger partial charge in [0.2, 0.25) is 0 Å². The van der Waals surface area contributed by atoms with Crippen molar-refractivity contribution in [3.8, 4) is 5.75 Å². The average Bonchev–Trinajstić information content (AvgIpc) is 2.05. The second-order valence-electron chi connectivity index (χ2n) is 2.90. The number of rotatable bonds is 2. The molecule has 0 unspecified atom stereocenters. The molecule has 0 N–H and O–H groups in total. The zero-order valence-electron chi connectivity index (χ0n) is 7.47. The molecule has 0 fully saturated rings. The van der Waals surface area contributed by atoms with E-state index in [2.05, 4.69) is 4.98 Å². The van der Waals surface area contributed by atoms with Crippen molar-refractivity contribution >= 4 is 0 Å². The molecule has 0 spiro atoms. The fraction of sp³-hybridized carbons (Fsp3) is 0.444. The second-order valence-corrected chi connectivity index (χ2v) is 2.90. The van der Waals surface area contributed by atoms with Crippen molar-refractivity contribution in [2.75, 3.05) is 7.11 Å². The summed E-state index contributed by atoms with van der Waals surface area (Å²) in [4.78, 5) is 3.93. The Balaban J connectivity index is 3.05. The molecule has 2 nitrogen and oxygen atoms in total. The first-order chi connectivity index (χ1) is 5.65. The lowest BCUT2D eigenvalue weighted by Crippen LogP contribution is -1.96. The average molecular weight is 169 g/mol. The standard InChI is InChI=1S/C9H12FNO/c1-6(2)8-4-9(12-3)7(10)5-11-8/h4-6H,1-3H3. The van der Waals surface area contributed by atoms with E-state index in [9.17, 15) is 4.39 Å². The molecule has 12 heavy (non-hydrogen) atoms. The van der Waals surface area contributed by atoms with Crippen LogP contribution in [-0.2, 0) is 0 Å². The Morgan fingerprint density at radius 2 is 2.17 bits per heavy atom. The van der Waals surface area contributed by atoms with Gasteiger partial charge in [0.05, 0.1) is 13.3 Å². The molecule has 66 valence electrons. The molecule has 0 saturated carbocycles. The summed E-state index contributed by atoms with van der Waals surface area (Å²) in [6.45, 7) is 4.00. The van der Waals surface area contributed by atoms with Crippen molar-refractivity contribution in [1.82, 2.24) is 4.98 Å². The van der Waals surface area contributed by atoms with Gasteiger partial charge in [-0.05, 0) is 5.92 Å². The van der Waals surface area contributed by atoms with Gasteiger partial charge in [-0.2, -0.15) is 0 Å². The first kappa shape index (κ1) is 8.97. The molecule has 0 amide bonds. The lowest BCUT2D eigenvalue weighted by molar-refractivity contribution is 0.383. The number of pyridine rings is 1. The van der Waals surface area contributed by atoms with Crippen LogP contribution in [0.4, 0.5) is 4.39 Å². The van der Waals surface area contributed by atoms with Crippen LogP contribution < -0.4 is 4.74 Å². The van der Waals surface area contributed by atoms with E-state index in [-0.39, 0.29) is 5.75 Å². The summed E-state index contributed by atoms with van der Waals surface area (Å²) < 4.78 is 17.7. The molecule has 0 aliphatic rings. The third-order valence-electron chi connectivity index (χ3n) is 1.65. The van der Waals surface area contributed by atoms with Crippen LogP contribution in [0.1, 0.15) is 25.5 Å². The van der Waals surface area contributed by atoms with Gasteiger partial charge in [-0.1, -0.05) is 13.8 Å². The Hall–Kier alpha value is -1.12. The van der Waals surface area contributed by atoms with Gasteiger partial charge in [-0.3, -0.25) is 4.98 Å². The highest BCUT2D eigenvalue weighted by molar-refractivity contribution is 5.25. The van der Waals surface area contributed by atoms with Crippen molar-refractivity contribution < 1.29 is 9.13 Å². The topological polar surface area (TPSA) is 22.1 Å². The number of ether oxygens (including phenoxy) is 1. The molecule has 1 heterocycles. The lowest BCUT2D eigenvalue weighted by Gasteiger charge is -2.06. The molecular formula is C9H12FNO. The maximum Gasteiger partial charge on any atom is 0.183 e. The van der Waals surface area contributed by atoms with Crippen LogP contribution in [0, 0.1) is 5.82 Å². The molecule has 0 atom stereocenters. The number of hydrogen-bond donors (Lipinski definition) is 0. The summed E-state index contributed by atoms with van der Waals surface area (Å²) >= 11 is 0. The first-order valence-corrected chi connectivity index (χ1v) is 3.84. The summed E-state index contributed by atoms with van der Waals surface area (Å²) in [5.74, 6) is 0.134. The number of aromatic nitrogens is 1. The van der Waals surface area contributed by atoms with Gasteiger partial charge in [-0.15, -0.1) is 0 Å². The van der Waals surface area contributed by atoms with Crippen LogP contribution in [0.15, 0.2) is 12.3 Å². The van der Waals surface area contributed by atoms with Gasteiger partial charge in [0.25, 0.3) is 0 Å². The minimum Gasteiger partial charge on any atom is -0.494 e. The van der Waals surface area contributed by atoms with Crippen molar-refractivity contribution in [1.29, 1.82) is 0 Å². The van der Waals surface area contributed by atoms with Gasteiger partial charge in [0.15, 0.2) is 11.6 Å². The molecule has 1 aromatic rings. The fourth-order valence-electron chi connectivity index (χ4n) is 0.908. The van der Waals surface area contributed by atoms with Gasteiger partial charge in [0, 0.05) is 11.8 Å². The van der Waals surface area contributed by atoms with Crippen molar-refractivity contribution in [3.63, 3.8) is 0 Å². The Labute approximate surface area is 71.4 Å². The molecule has 0 saturated heterocycles. The van der Waals surface area contributed by atoms with Crippen LogP contribution >= 0.6 is 0 Å². The van der Waals surface area contributed by atoms with Crippen molar-refractivity contribution in [2.24, 2.45) is 0 Å². The second kappa shape index (κ2) is 3.52. The van der Waals surface area contributed by atoms with E-state index in [4.69, 9.17) is 4.74 Å². The molecule has 0 aliphatic heterocycles. The van der Waals surface area contributed by atoms with Gasteiger partial charge >= 0.3 is 0 Å². The highest BCUT2D eigenvalue weighted by Gasteiger charge is 2.06.